The molecule has 2 rings (SSSR count). The molecule has 1 saturated heterocycles. The van der Waals surface area contributed by atoms with Crippen LogP contribution in [0.5, 0.6) is 0 Å². The standard InChI is InChI=1S/C14H18F3NO2/c1-9-12(5-6-20-9)18(2)13-4-3-10(8-19)7-11(13)14(15,16)17/h3-4,7,9,12,19H,5-6,8H2,1-2H3. The number of likely N-dealkylation sites (N-methyl/N-ethyl adjacent to an activating group) is 1. The molecule has 20 heavy (non-hydrogen) atoms. The number of hydrogen-bond donors (Lipinski definition) is 1. The van der Waals surface area contributed by atoms with Crippen LogP contribution in [0.25, 0.3) is 0 Å². The Bertz CT molecular complexity index is 476. The van der Waals surface area contributed by atoms with Crippen LogP contribution in [0, 0.1) is 0 Å². The van der Waals surface area contributed by atoms with Gasteiger partial charge in [0.15, 0.2) is 0 Å². The molecule has 1 aromatic carbocycles. The van der Waals surface area contributed by atoms with Gasteiger partial charge in [0.2, 0.25) is 0 Å². The number of anilines is 1. The van der Waals surface area contributed by atoms with Crippen molar-refractivity contribution in [3.05, 3.63) is 29.3 Å². The van der Waals surface area contributed by atoms with E-state index in [1.165, 1.54) is 12.1 Å². The van der Waals surface area contributed by atoms with E-state index >= 15 is 0 Å². The van der Waals surface area contributed by atoms with E-state index in [2.05, 4.69) is 0 Å². The number of benzene rings is 1. The molecule has 1 N–H and O–H groups in total. The predicted molar refractivity (Wildman–Crippen MR) is 69.6 cm³/mol. The maximum Gasteiger partial charge on any atom is 0.418 e. The highest BCUT2D eigenvalue weighted by Gasteiger charge is 2.37. The van der Waals surface area contributed by atoms with E-state index in [0.29, 0.717) is 13.0 Å². The first kappa shape index (κ1) is 15.1. The minimum absolute atomic E-state index is 0.0731. The van der Waals surface area contributed by atoms with Crippen LogP contribution >= 0.6 is 0 Å². The lowest BCUT2D eigenvalue weighted by Gasteiger charge is -2.31. The number of aliphatic hydroxyl groups is 1. The van der Waals surface area contributed by atoms with Crippen LogP contribution in [0.15, 0.2) is 18.2 Å². The molecule has 0 saturated carbocycles. The number of hydrogen-bond acceptors (Lipinski definition) is 3. The molecule has 1 aliphatic heterocycles. The quantitative estimate of drug-likeness (QED) is 0.928. The molecule has 0 bridgehead atoms. The molecule has 6 heteroatoms. The summed E-state index contributed by atoms with van der Waals surface area (Å²) in [5, 5.41) is 9.01. The first-order valence-electron chi connectivity index (χ1n) is 6.50. The lowest BCUT2D eigenvalue weighted by Crippen LogP contribution is -2.37. The molecule has 112 valence electrons. The summed E-state index contributed by atoms with van der Waals surface area (Å²) in [5.41, 5.74) is -0.340. The van der Waals surface area contributed by atoms with Crippen LogP contribution in [-0.4, -0.2) is 30.9 Å². The molecule has 0 radical (unpaired) electrons. The van der Waals surface area contributed by atoms with Gasteiger partial charge in [-0.15, -0.1) is 0 Å². The van der Waals surface area contributed by atoms with Gasteiger partial charge < -0.3 is 14.7 Å². The molecule has 1 aromatic rings. The minimum atomic E-state index is -4.45. The number of alkyl halides is 3. The molecule has 0 spiro atoms. The summed E-state index contributed by atoms with van der Waals surface area (Å²) in [6, 6.07) is 3.86. The topological polar surface area (TPSA) is 32.7 Å². The molecule has 1 aliphatic rings. The van der Waals surface area contributed by atoms with Crippen LogP contribution < -0.4 is 4.90 Å². The maximum absolute atomic E-state index is 13.2. The number of rotatable bonds is 3. The second-order valence-corrected chi connectivity index (χ2v) is 5.05. The van der Waals surface area contributed by atoms with Crippen molar-refractivity contribution in [2.75, 3.05) is 18.6 Å². The molecule has 0 amide bonds. The van der Waals surface area contributed by atoms with Gasteiger partial charge in [-0.25, -0.2) is 0 Å². The molecule has 2 unspecified atom stereocenters. The summed E-state index contributed by atoms with van der Waals surface area (Å²) < 4.78 is 44.9. The summed E-state index contributed by atoms with van der Waals surface area (Å²) in [4.78, 5) is 1.63. The van der Waals surface area contributed by atoms with Crippen molar-refractivity contribution in [2.45, 2.75) is 38.3 Å². The van der Waals surface area contributed by atoms with E-state index in [0.717, 1.165) is 6.07 Å². The SMILES string of the molecule is CC1OCCC1N(C)c1ccc(CO)cc1C(F)(F)F. The summed E-state index contributed by atoms with van der Waals surface area (Å²) in [7, 11) is 1.65. The van der Waals surface area contributed by atoms with Crippen molar-refractivity contribution in [3.63, 3.8) is 0 Å². The normalized spacial score (nSPS) is 23.1. The number of nitrogens with zero attached hydrogens (tertiary/aromatic N) is 1. The Morgan fingerprint density at radius 3 is 2.60 bits per heavy atom. The van der Waals surface area contributed by atoms with E-state index in [-0.39, 0.29) is 23.4 Å². The van der Waals surface area contributed by atoms with Crippen molar-refractivity contribution < 1.29 is 23.0 Å². The third-order valence-corrected chi connectivity index (χ3v) is 3.76. The van der Waals surface area contributed by atoms with E-state index in [1.807, 2.05) is 6.92 Å². The first-order valence-corrected chi connectivity index (χ1v) is 6.50. The Morgan fingerprint density at radius 1 is 1.40 bits per heavy atom. The zero-order chi connectivity index (χ0) is 14.9. The lowest BCUT2D eigenvalue weighted by atomic mass is 10.0. The average Bonchev–Trinajstić information content (AvgIpc) is 2.82. The Balaban J connectivity index is 2.39. The van der Waals surface area contributed by atoms with E-state index < -0.39 is 18.3 Å². The summed E-state index contributed by atoms with van der Waals surface area (Å²) >= 11 is 0. The second-order valence-electron chi connectivity index (χ2n) is 5.05. The van der Waals surface area contributed by atoms with Crippen LogP contribution in [0.1, 0.15) is 24.5 Å². The third-order valence-electron chi connectivity index (χ3n) is 3.76. The van der Waals surface area contributed by atoms with Crippen LogP contribution in [0.2, 0.25) is 0 Å². The Hall–Kier alpha value is -1.27. The highest BCUT2D eigenvalue weighted by atomic mass is 19.4. The molecule has 2 atom stereocenters. The predicted octanol–water partition coefficient (Wildman–Crippen LogP) is 2.81. The van der Waals surface area contributed by atoms with Crippen LogP contribution in [-0.2, 0) is 17.5 Å². The molecule has 1 heterocycles. The zero-order valence-electron chi connectivity index (χ0n) is 11.4. The fourth-order valence-corrected chi connectivity index (χ4v) is 2.62. The summed E-state index contributed by atoms with van der Waals surface area (Å²) in [5.74, 6) is 0. The van der Waals surface area contributed by atoms with Gasteiger partial charge in [-0.2, -0.15) is 13.2 Å². The van der Waals surface area contributed by atoms with Gasteiger partial charge in [0.05, 0.1) is 24.3 Å². The van der Waals surface area contributed by atoms with Gasteiger partial charge in [-0.1, -0.05) is 6.07 Å². The van der Waals surface area contributed by atoms with Gasteiger partial charge in [-0.3, -0.25) is 0 Å². The van der Waals surface area contributed by atoms with E-state index in [1.54, 1.807) is 11.9 Å². The van der Waals surface area contributed by atoms with Gasteiger partial charge in [0, 0.05) is 19.3 Å². The molecular formula is C14H18F3NO2. The zero-order valence-corrected chi connectivity index (χ0v) is 11.4. The highest BCUT2D eigenvalue weighted by molar-refractivity contribution is 5.57. The second kappa shape index (κ2) is 5.61. The van der Waals surface area contributed by atoms with Gasteiger partial charge in [0.25, 0.3) is 0 Å². The Morgan fingerprint density at radius 2 is 2.10 bits per heavy atom. The monoisotopic (exact) mass is 289 g/mol. The van der Waals surface area contributed by atoms with Crippen molar-refractivity contribution in [3.8, 4) is 0 Å². The Labute approximate surface area is 116 Å². The maximum atomic E-state index is 13.2. The minimum Gasteiger partial charge on any atom is -0.392 e. The van der Waals surface area contributed by atoms with Crippen molar-refractivity contribution in [2.24, 2.45) is 0 Å². The van der Waals surface area contributed by atoms with Gasteiger partial charge in [-0.05, 0) is 31.0 Å². The first-order chi connectivity index (χ1) is 9.34. The molecule has 1 fully saturated rings. The fourth-order valence-electron chi connectivity index (χ4n) is 2.62. The summed E-state index contributed by atoms with van der Waals surface area (Å²) in [6.45, 7) is 2.02. The number of halogens is 3. The largest absolute Gasteiger partial charge is 0.418 e. The molecule has 0 aromatic heterocycles. The average molecular weight is 289 g/mol. The highest BCUT2D eigenvalue weighted by Crippen LogP contribution is 2.38. The van der Waals surface area contributed by atoms with Crippen molar-refractivity contribution in [1.29, 1.82) is 0 Å². The number of aliphatic hydroxyl groups excluding tert-OH is 1. The van der Waals surface area contributed by atoms with Crippen LogP contribution in [0.3, 0.4) is 0 Å². The molecular weight excluding hydrogens is 271 g/mol. The third kappa shape index (κ3) is 2.91. The van der Waals surface area contributed by atoms with Crippen LogP contribution in [0.4, 0.5) is 18.9 Å². The lowest BCUT2D eigenvalue weighted by molar-refractivity contribution is -0.137. The van der Waals surface area contributed by atoms with E-state index in [4.69, 9.17) is 9.84 Å². The Kier molecular flexibility index (Phi) is 4.25. The summed E-state index contributed by atoms with van der Waals surface area (Å²) in [6.07, 6.45) is -3.84. The van der Waals surface area contributed by atoms with Gasteiger partial charge >= 0.3 is 6.18 Å². The fraction of sp³-hybridized carbons (Fsp3) is 0.571. The van der Waals surface area contributed by atoms with Gasteiger partial charge in [0.1, 0.15) is 0 Å². The molecule has 3 nitrogen and oxygen atoms in total. The van der Waals surface area contributed by atoms with Crippen molar-refractivity contribution >= 4 is 5.69 Å². The van der Waals surface area contributed by atoms with Crippen molar-refractivity contribution in [1.82, 2.24) is 0 Å². The molecule has 0 aliphatic carbocycles. The van der Waals surface area contributed by atoms with E-state index in [9.17, 15) is 13.2 Å². The smallest absolute Gasteiger partial charge is 0.392 e. The number of ether oxygens (including phenoxy) is 1.